The molecule has 0 fully saturated rings. The lowest BCUT2D eigenvalue weighted by atomic mass is 10.2. The number of anilines is 1. The molecule has 2 N–H and O–H groups in total. The maximum atomic E-state index is 13.4. The van der Waals surface area contributed by atoms with E-state index < -0.39 is 5.82 Å². The van der Waals surface area contributed by atoms with Crippen molar-refractivity contribution < 1.29 is 9.13 Å². The highest BCUT2D eigenvalue weighted by Gasteiger charge is 2.11. The molecule has 0 spiro atoms. The molecule has 88 valence electrons. The van der Waals surface area contributed by atoms with Gasteiger partial charge in [-0.3, -0.25) is 0 Å². The van der Waals surface area contributed by atoms with Crippen molar-refractivity contribution in [1.29, 1.82) is 0 Å². The maximum absolute atomic E-state index is 13.4. The van der Waals surface area contributed by atoms with Gasteiger partial charge in [0.1, 0.15) is 0 Å². The van der Waals surface area contributed by atoms with E-state index in [1.54, 1.807) is 6.07 Å². The van der Waals surface area contributed by atoms with Crippen LogP contribution < -0.4 is 10.5 Å². The van der Waals surface area contributed by atoms with E-state index in [-0.39, 0.29) is 5.88 Å². The molecule has 17 heavy (non-hydrogen) atoms. The first-order chi connectivity index (χ1) is 8.08. The van der Waals surface area contributed by atoms with Crippen LogP contribution >= 0.6 is 15.9 Å². The van der Waals surface area contributed by atoms with E-state index in [4.69, 9.17) is 10.5 Å². The van der Waals surface area contributed by atoms with E-state index in [0.717, 1.165) is 10.0 Å². The number of rotatable bonds is 2. The highest BCUT2D eigenvalue weighted by molar-refractivity contribution is 9.10. The van der Waals surface area contributed by atoms with Crippen LogP contribution in [-0.2, 0) is 0 Å². The van der Waals surface area contributed by atoms with Crippen molar-refractivity contribution in [3.63, 3.8) is 0 Å². The Morgan fingerprint density at radius 1 is 1.41 bits per heavy atom. The number of halogens is 2. The van der Waals surface area contributed by atoms with Gasteiger partial charge in [-0.15, -0.1) is 0 Å². The third-order valence-electron chi connectivity index (χ3n) is 2.19. The Bertz CT molecular complexity index is 537. The second-order valence-corrected chi connectivity index (χ2v) is 4.45. The summed E-state index contributed by atoms with van der Waals surface area (Å²) in [6.45, 7) is 1.83. The lowest BCUT2D eigenvalue weighted by Crippen LogP contribution is -1.97. The Morgan fingerprint density at radius 2 is 2.18 bits per heavy atom. The van der Waals surface area contributed by atoms with Crippen LogP contribution in [-0.4, -0.2) is 4.98 Å². The number of nitrogens with two attached hydrogens (primary N) is 1. The van der Waals surface area contributed by atoms with Crippen molar-refractivity contribution in [2.75, 3.05) is 5.73 Å². The molecule has 0 bridgehead atoms. The van der Waals surface area contributed by atoms with Crippen LogP contribution in [0.1, 0.15) is 5.56 Å². The van der Waals surface area contributed by atoms with Crippen LogP contribution in [0, 0.1) is 12.7 Å². The number of hydrogen-bond acceptors (Lipinski definition) is 3. The zero-order valence-electron chi connectivity index (χ0n) is 9.08. The van der Waals surface area contributed by atoms with Gasteiger partial charge in [0, 0.05) is 10.7 Å². The molecule has 0 amide bonds. The van der Waals surface area contributed by atoms with Gasteiger partial charge in [-0.1, -0.05) is 15.9 Å². The molecule has 1 heterocycles. The average molecular weight is 297 g/mol. The third-order valence-corrected chi connectivity index (χ3v) is 2.65. The van der Waals surface area contributed by atoms with Crippen molar-refractivity contribution in [2.24, 2.45) is 0 Å². The number of hydrogen-bond donors (Lipinski definition) is 1. The lowest BCUT2D eigenvalue weighted by Gasteiger charge is -2.11. The van der Waals surface area contributed by atoms with Gasteiger partial charge in [0.25, 0.3) is 5.88 Å². The minimum Gasteiger partial charge on any atom is -0.434 e. The van der Waals surface area contributed by atoms with E-state index in [0.29, 0.717) is 11.4 Å². The standard InChI is InChI=1S/C12H10BrFN2O/c1-7-5-8(13)6-10(15)11(7)17-12-9(14)3-2-4-16-12/h2-6H,15H2,1H3. The van der Waals surface area contributed by atoms with Gasteiger partial charge in [0.2, 0.25) is 0 Å². The third kappa shape index (κ3) is 2.55. The molecule has 2 aromatic rings. The SMILES string of the molecule is Cc1cc(Br)cc(N)c1Oc1ncccc1F. The first-order valence-corrected chi connectivity index (χ1v) is 5.71. The molecule has 0 saturated carbocycles. The second-order valence-electron chi connectivity index (χ2n) is 3.53. The Labute approximate surface area is 107 Å². The van der Waals surface area contributed by atoms with Crippen molar-refractivity contribution in [1.82, 2.24) is 4.98 Å². The smallest absolute Gasteiger partial charge is 0.255 e. The summed E-state index contributed by atoms with van der Waals surface area (Å²) in [7, 11) is 0. The molecule has 0 radical (unpaired) electrons. The molecule has 0 aliphatic heterocycles. The lowest BCUT2D eigenvalue weighted by molar-refractivity contribution is 0.422. The van der Waals surface area contributed by atoms with Crippen molar-refractivity contribution in [2.45, 2.75) is 6.92 Å². The first kappa shape index (κ1) is 11.9. The minimum atomic E-state index is -0.519. The largest absolute Gasteiger partial charge is 0.434 e. The molecule has 1 aromatic heterocycles. The second kappa shape index (κ2) is 4.71. The molecule has 3 nitrogen and oxygen atoms in total. The monoisotopic (exact) mass is 296 g/mol. The molecular weight excluding hydrogens is 287 g/mol. The van der Waals surface area contributed by atoms with Gasteiger partial charge in [-0.25, -0.2) is 9.37 Å². The fourth-order valence-corrected chi connectivity index (χ4v) is 2.03. The summed E-state index contributed by atoms with van der Waals surface area (Å²) in [6, 6.07) is 6.32. The van der Waals surface area contributed by atoms with E-state index >= 15 is 0 Å². The quantitative estimate of drug-likeness (QED) is 0.860. The minimum absolute atomic E-state index is 0.0791. The van der Waals surface area contributed by atoms with Crippen LogP contribution in [0.4, 0.5) is 10.1 Å². The van der Waals surface area contributed by atoms with Crippen LogP contribution in [0.2, 0.25) is 0 Å². The summed E-state index contributed by atoms with van der Waals surface area (Å²) >= 11 is 3.32. The van der Waals surface area contributed by atoms with Crippen LogP contribution in [0.3, 0.4) is 0 Å². The molecule has 1 aromatic carbocycles. The van der Waals surface area contributed by atoms with Gasteiger partial charge >= 0.3 is 0 Å². The molecular formula is C12H10BrFN2O. The maximum Gasteiger partial charge on any atom is 0.255 e. The summed E-state index contributed by atoms with van der Waals surface area (Å²) in [5, 5.41) is 0. The number of pyridine rings is 1. The molecule has 0 unspecified atom stereocenters. The molecule has 0 aliphatic carbocycles. The van der Waals surface area contributed by atoms with Crippen molar-refractivity contribution in [3.8, 4) is 11.6 Å². The summed E-state index contributed by atoms with van der Waals surface area (Å²) < 4.78 is 19.6. The number of aromatic nitrogens is 1. The molecule has 5 heteroatoms. The van der Waals surface area contributed by atoms with Gasteiger partial charge in [0.05, 0.1) is 5.69 Å². The van der Waals surface area contributed by atoms with Gasteiger partial charge in [0.15, 0.2) is 11.6 Å². The number of benzene rings is 1. The summed E-state index contributed by atoms with van der Waals surface area (Å²) in [5.74, 6) is -0.176. The highest BCUT2D eigenvalue weighted by atomic mass is 79.9. The van der Waals surface area contributed by atoms with E-state index in [2.05, 4.69) is 20.9 Å². The van der Waals surface area contributed by atoms with E-state index in [1.807, 2.05) is 13.0 Å². The highest BCUT2D eigenvalue weighted by Crippen LogP contribution is 2.33. The zero-order chi connectivity index (χ0) is 12.4. The fourth-order valence-electron chi connectivity index (χ4n) is 1.44. The number of nitrogens with zero attached hydrogens (tertiary/aromatic N) is 1. The Kier molecular flexibility index (Phi) is 3.28. The summed E-state index contributed by atoms with van der Waals surface area (Å²) in [4.78, 5) is 3.81. The predicted octanol–water partition coefficient (Wildman–Crippen LogP) is 3.67. The molecule has 0 atom stereocenters. The van der Waals surface area contributed by atoms with Gasteiger partial charge in [-0.2, -0.15) is 0 Å². The zero-order valence-corrected chi connectivity index (χ0v) is 10.7. The Balaban J connectivity index is 2.40. The molecule has 0 aliphatic rings. The molecule has 2 rings (SSSR count). The first-order valence-electron chi connectivity index (χ1n) is 4.92. The average Bonchev–Trinajstić information content (AvgIpc) is 2.25. The number of nitrogen functional groups attached to an aromatic ring is 1. The van der Waals surface area contributed by atoms with Crippen LogP contribution in [0.25, 0.3) is 0 Å². The topological polar surface area (TPSA) is 48.1 Å². The van der Waals surface area contributed by atoms with Crippen LogP contribution in [0.5, 0.6) is 11.6 Å². The number of ether oxygens (including phenoxy) is 1. The van der Waals surface area contributed by atoms with E-state index in [1.165, 1.54) is 18.3 Å². The number of aryl methyl sites for hydroxylation is 1. The van der Waals surface area contributed by atoms with Crippen LogP contribution in [0.15, 0.2) is 34.9 Å². The normalized spacial score (nSPS) is 10.3. The predicted molar refractivity (Wildman–Crippen MR) is 67.6 cm³/mol. The van der Waals surface area contributed by atoms with Crippen molar-refractivity contribution >= 4 is 21.6 Å². The summed E-state index contributed by atoms with van der Waals surface area (Å²) in [6.07, 6.45) is 1.46. The Hall–Kier alpha value is -1.62. The van der Waals surface area contributed by atoms with Gasteiger partial charge < -0.3 is 10.5 Å². The van der Waals surface area contributed by atoms with E-state index in [9.17, 15) is 4.39 Å². The fraction of sp³-hybridized carbons (Fsp3) is 0.0833. The molecule has 0 saturated heterocycles. The van der Waals surface area contributed by atoms with Crippen molar-refractivity contribution in [3.05, 3.63) is 46.3 Å². The Morgan fingerprint density at radius 3 is 2.82 bits per heavy atom. The van der Waals surface area contributed by atoms with Gasteiger partial charge in [-0.05, 0) is 36.8 Å². The summed E-state index contributed by atoms with van der Waals surface area (Å²) in [5.41, 5.74) is 7.05.